The predicted molar refractivity (Wildman–Crippen MR) is 55.2 cm³/mol. The molecule has 0 atom stereocenters. The monoisotopic (exact) mass is 272 g/mol. The van der Waals surface area contributed by atoms with Crippen LogP contribution in [0.5, 0.6) is 0 Å². The molecule has 1 aromatic heterocycles. The maximum atomic E-state index is 13.4. The van der Waals surface area contributed by atoms with E-state index in [9.17, 15) is 9.18 Å². The quantitative estimate of drug-likeness (QED) is 0.915. The fourth-order valence-electron chi connectivity index (χ4n) is 1.43. The van der Waals surface area contributed by atoms with E-state index in [-0.39, 0.29) is 11.8 Å². The third-order valence-corrected chi connectivity index (χ3v) is 2.67. The molecule has 0 spiro atoms. The van der Waals surface area contributed by atoms with Gasteiger partial charge in [0.1, 0.15) is 5.82 Å². The van der Waals surface area contributed by atoms with Gasteiger partial charge in [-0.1, -0.05) is 0 Å². The molecule has 2 rings (SSSR count). The van der Waals surface area contributed by atoms with Crippen LogP contribution in [0.3, 0.4) is 0 Å². The van der Waals surface area contributed by atoms with E-state index in [4.69, 9.17) is 9.52 Å². The minimum absolute atomic E-state index is 0.228. The first kappa shape index (κ1) is 10.2. The van der Waals surface area contributed by atoms with Gasteiger partial charge in [-0.05, 0) is 28.1 Å². The van der Waals surface area contributed by atoms with E-state index in [1.807, 2.05) is 0 Å². The van der Waals surface area contributed by atoms with E-state index >= 15 is 0 Å². The van der Waals surface area contributed by atoms with Gasteiger partial charge in [0.2, 0.25) is 0 Å². The van der Waals surface area contributed by atoms with Crippen LogP contribution in [0.1, 0.15) is 5.56 Å². The standard InChI is InChI=1S/C10H6BrFO3/c11-6-1-2-7(12)9-5(3-8(13)14)4-15-10(6)9/h1-2,4H,3H2,(H,13,14). The Morgan fingerprint density at radius 3 is 2.93 bits per heavy atom. The van der Waals surface area contributed by atoms with Crippen LogP contribution in [-0.4, -0.2) is 11.1 Å². The molecule has 1 N–H and O–H groups in total. The number of fused-ring (bicyclic) bond motifs is 1. The molecule has 0 aliphatic carbocycles. The highest BCUT2D eigenvalue weighted by Crippen LogP contribution is 2.30. The Kier molecular flexibility index (Phi) is 2.48. The molecule has 0 radical (unpaired) electrons. The second kappa shape index (κ2) is 3.66. The number of benzene rings is 1. The molecule has 1 aromatic carbocycles. The minimum atomic E-state index is -1.02. The van der Waals surface area contributed by atoms with Gasteiger partial charge < -0.3 is 9.52 Å². The van der Waals surface area contributed by atoms with E-state index in [1.54, 1.807) is 0 Å². The van der Waals surface area contributed by atoms with Gasteiger partial charge >= 0.3 is 5.97 Å². The topological polar surface area (TPSA) is 50.4 Å². The van der Waals surface area contributed by atoms with E-state index in [0.29, 0.717) is 15.6 Å². The Hall–Kier alpha value is -1.36. The average Bonchev–Trinajstić information content (AvgIpc) is 2.56. The summed E-state index contributed by atoms with van der Waals surface area (Å²) in [4.78, 5) is 10.5. The van der Waals surface area contributed by atoms with Gasteiger partial charge in [0.15, 0.2) is 5.58 Å². The first-order chi connectivity index (χ1) is 7.09. The fraction of sp³-hybridized carbons (Fsp3) is 0.100. The molecule has 0 bridgehead atoms. The van der Waals surface area contributed by atoms with Crippen molar-refractivity contribution < 1.29 is 18.7 Å². The molecule has 0 aliphatic rings. The normalized spacial score (nSPS) is 10.8. The molecule has 3 nitrogen and oxygen atoms in total. The first-order valence-electron chi connectivity index (χ1n) is 4.15. The van der Waals surface area contributed by atoms with Crippen LogP contribution in [0.25, 0.3) is 11.0 Å². The number of rotatable bonds is 2. The van der Waals surface area contributed by atoms with Crippen molar-refractivity contribution in [2.45, 2.75) is 6.42 Å². The van der Waals surface area contributed by atoms with Gasteiger partial charge in [0, 0.05) is 5.56 Å². The van der Waals surface area contributed by atoms with Crippen LogP contribution in [0.2, 0.25) is 0 Å². The molecule has 15 heavy (non-hydrogen) atoms. The van der Waals surface area contributed by atoms with E-state index in [0.717, 1.165) is 0 Å². The zero-order chi connectivity index (χ0) is 11.0. The molecule has 0 fully saturated rings. The zero-order valence-electron chi connectivity index (χ0n) is 7.46. The molecule has 1 heterocycles. The van der Waals surface area contributed by atoms with Crippen molar-refractivity contribution in [3.63, 3.8) is 0 Å². The smallest absolute Gasteiger partial charge is 0.307 e. The summed E-state index contributed by atoms with van der Waals surface area (Å²) in [6, 6.07) is 2.79. The van der Waals surface area contributed by atoms with Crippen molar-refractivity contribution in [3.05, 3.63) is 34.2 Å². The summed E-state index contributed by atoms with van der Waals surface area (Å²) < 4.78 is 19.2. The van der Waals surface area contributed by atoms with Crippen LogP contribution in [0, 0.1) is 5.82 Å². The average molecular weight is 273 g/mol. The van der Waals surface area contributed by atoms with Crippen molar-refractivity contribution in [2.24, 2.45) is 0 Å². The van der Waals surface area contributed by atoms with Crippen LogP contribution in [-0.2, 0) is 11.2 Å². The number of carbonyl (C=O) groups is 1. The van der Waals surface area contributed by atoms with Crippen molar-refractivity contribution in [3.8, 4) is 0 Å². The molecule has 0 saturated heterocycles. The number of aliphatic carboxylic acids is 1. The summed E-state index contributed by atoms with van der Waals surface area (Å²) >= 11 is 3.20. The van der Waals surface area contributed by atoms with Crippen LogP contribution >= 0.6 is 15.9 Å². The summed E-state index contributed by atoms with van der Waals surface area (Å²) in [5.74, 6) is -1.49. The number of carboxylic acids is 1. The number of hydrogen-bond donors (Lipinski definition) is 1. The zero-order valence-corrected chi connectivity index (χ0v) is 9.04. The molecule has 2 aromatic rings. The second-order valence-corrected chi connectivity index (χ2v) is 3.92. The largest absolute Gasteiger partial charge is 0.481 e. The van der Waals surface area contributed by atoms with Crippen molar-refractivity contribution in [2.75, 3.05) is 0 Å². The second-order valence-electron chi connectivity index (χ2n) is 3.06. The van der Waals surface area contributed by atoms with E-state index < -0.39 is 11.8 Å². The number of carboxylic acid groups (broad SMARTS) is 1. The van der Waals surface area contributed by atoms with Crippen molar-refractivity contribution in [1.29, 1.82) is 0 Å². The van der Waals surface area contributed by atoms with Gasteiger partial charge in [0.25, 0.3) is 0 Å². The molecular weight excluding hydrogens is 267 g/mol. The van der Waals surface area contributed by atoms with E-state index in [2.05, 4.69) is 15.9 Å². The predicted octanol–water partition coefficient (Wildman–Crippen LogP) is 2.96. The Labute approximate surface area is 92.6 Å². The first-order valence-corrected chi connectivity index (χ1v) is 4.94. The maximum absolute atomic E-state index is 13.4. The lowest BCUT2D eigenvalue weighted by atomic mass is 10.1. The Bertz CT molecular complexity index is 533. The lowest BCUT2D eigenvalue weighted by Crippen LogP contribution is -1.99. The Morgan fingerprint density at radius 1 is 1.53 bits per heavy atom. The molecule has 78 valence electrons. The molecule has 5 heteroatoms. The third-order valence-electron chi connectivity index (χ3n) is 2.04. The number of furan rings is 1. The molecule has 0 saturated carbocycles. The molecule has 0 aliphatic heterocycles. The Balaban J connectivity index is 2.67. The lowest BCUT2D eigenvalue weighted by molar-refractivity contribution is -0.136. The number of halogens is 2. The maximum Gasteiger partial charge on any atom is 0.307 e. The minimum Gasteiger partial charge on any atom is -0.481 e. The summed E-state index contributed by atoms with van der Waals surface area (Å²) in [6.07, 6.45) is 1.02. The highest BCUT2D eigenvalue weighted by Gasteiger charge is 2.15. The summed E-state index contributed by atoms with van der Waals surface area (Å²) in [7, 11) is 0. The fourth-order valence-corrected chi connectivity index (χ4v) is 1.85. The van der Waals surface area contributed by atoms with Crippen LogP contribution in [0.15, 0.2) is 27.3 Å². The van der Waals surface area contributed by atoms with Crippen LogP contribution < -0.4 is 0 Å². The molecule has 0 unspecified atom stereocenters. The van der Waals surface area contributed by atoms with Gasteiger partial charge in [-0.3, -0.25) is 4.79 Å². The van der Waals surface area contributed by atoms with Crippen LogP contribution in [0.4, 0.5) is 4.39 Å². The third kappa shape index (κ3) is 1.74. The van der Waals surface area contributed by atoms with Gasteiger partial charge in [0.05, 0.1) is 22.5 Å². The molecular formula is C10H6BrFO3. The SMILES string of the molecule is O=C(O)Cc1coc2c(Br)ccc(F)c12. The van der Waals surface area contributed by atoms with Gasteiger partial charge in [-0.15, -0.1) is 0 Å². The highest BCUT2D eigenvalue weighted by atomic mass is 79.9. The molecule has 0 amide bonds. The van der Waals surface area contributed by atoms with Gasteiger partial charge in [-0.25, -0.2) is 4.39 Å². The van der Waals surface area contributed by atoms with E-state index in [1.165, 1.54) is 18.4 Å². The summed E-state index contributed by atoms with van der Waals surface area (Å²) in [5.41, 5.74) is 0.683. The summed E-state index contributed by atoms with van der Waals surface area (Å²) in [6.45, 7) is 0. The Morgan fingerprint density at radius 2 is 2.27 bits per heavy atom. The van der Waals surface area contributed by atoms with Crippen molar-refractivity contribution in [1.82, 2.24) is 0 Å². The highest BCUT2D eigenvalue weighted by molar-refractivity contribution is 9.10. The summed E-state index contributed by atoms with van der Waals surface area (Å²) in [5, 5.41) is 8.86. The van der Waals surface area contributed by atoms with Gasteiger partial charge in [-0.2, -0.15) is 0 Å². The van der Waals surface area contributed by atoms with Crippen molar-refractivity contribution >= 4 is 32.9 Å². The lowest BCUT2D eigenvalue weighted by Gasteiger charge is -1.96. The number of hydrogen-bond acceptors (Lipinski definition) is 2.